The number of fused-ring (bicyclic) bond motifs is 2. The minimum Gasteiger partial charge on any atom is -0.0622 e. The van der Waals surface area contributed by atoms with Crippen LogP contribution in [-0.2, 0) is 5.41 Å². The van der Waals surface area contributed by atoms with Crippen molar-refractivity contribution in [2.45, 2.75) is 32.1 Å². The standard InChI is InChI=1S/C21H24/c1-15-16(2)20-13-17(15)14-21(20,18-9-5-3-6-10-18)19-11-7-4-8-12-19/h3-12,15-17,20H,13-14H2,1-2H3. The van der Waals surface area contributed by atoms with E-state index in [9.17, 15) is 0 Å². The molecule has 0 aromatic heterocycles. The van der Waals surface area contributed by atoms with E-state index in [1.807, 2.05) is 0 Å². The Morgan fingerprint density at radius 2 is 1.29 bits per heavy atom. The Morgan fingerprint density at radius 3 is 1.71 bits per heavy atom. The van der Waals surface area contributed by atoms with Gasteiger partial charge in [0.2, 0.25) is 0 Å². The maximum atomic E-state index is 2.48. The van der Waals surface area contributed by atoms with E-state index in [-0.39, 0.29) is 5.41 Å². The molecule has 4 unspecified atom stereocenters. The molecule has 0 heterocycles. The van der Waals surface area contributed by atoms with E-state index < -0.39 is 0 Å². The van der Waals surface area contributed by atoms with Gasteiger partial charge in [0.15, 0.2) is 0 Å². The van der Waals surface area contributed by atoms with Crippen molar-refractivity contribution in [1.29, 1.82) is 0 Å². The predicted molar refractivity (Wildman–Crippen MR) is 88.2 cm³/mol. The number of hydrogen-bond acceptors (Lipinski definition) is 0. The Kier molecular flexibility index (Phi) is 2.96. The van der Waals surface area contributed by atoms with Gasteiger partial charge in [0.25, 0.3) is 0 Å². The van der Waals surface area contributed by atoms with Crippen LogP contribution in [0, 0.1) is 23.7 Å². The molecule has 2 aliphatic carbocycles. The van der Waals surface area contributed by atoms with Gasteiger partial charge in [-0.25, -0.2) is 0 Å². The quantitative estimate of drug-likeness (QED) is 0.699. The third kappa shape index (κ3) is 1.75. The first kappa shape index (κ1) is 13.1. The number of benzene rings is 2. The highest BCUT2D eigenvalue weighted by Gasteiger charge is 2.58. The Bertz CT molecular complexity index is 572. The average Bonchev–Trinajstić information content (AvgIpc) is 3.07. The first-order chi connectivity index (χ1) is 10.2. The number of rotatable bonds is 2. The lowest BCUT2D eigenvalue weighted by Crippen LogP contribution is -2.40. The molecule has 108 valence electrons. The molecule has 2 aromatic carbocycles. The molecular weight excluding hydrogens is 252 g/mol. The summed E-state index contributed by atoms with van der Waals surface area (Å²) in [5.41, 5.74) is 3.31. The molecule has 21 heavy (non-hydrogen) atoms. The molecule has 2 aliphatic rings. The summed E-state index contributed by atoms with van der Waals surface area (Å²) >= 11 is 0. The zero-order valence-corrected chi connectivity index (χ0v) is 13.0. The highest BCUT2D eigenvalue weighted by atomic mass is 14.6. The van der Waals surface area contributed by atoms with Crippen LogP contribution >= 0.6 is 0 Å². The average molecular weight is 276 g/mol. The second-order valence-corrected chi connectivity index (χ2v) is 7.23. The van der Waals surface area contributed by atoms with Crippen molar-refractivity contribution in [2.75, 3.05) is 0 Å². The molecule has 0 amide bonds. The molecule has 0 saturated heterocycles. The van der Waals surface area contributed by atoms with E-state index in [4.69, 9.17) is 0 Å². The third-order valence-corrected chi connectivity index (χ3v) is 6.56. The zero-order valence-electron chi connectivity index (χ0n) is 13.0. The second-order valence-electron chi connectivity index (χ2n) is 7.23. The summed E-state index contributed by atoms with van der Waals surface area (Å²) in [6, 6.07) is 22.5. The van der Waals surface area contributed by atoms with Crippen molar-refractivity contribution in [3.8, 4) is 0 Å². The molecule has 0 aliphatic heterocycles. The van der Waals surface area contributed by atoms with E-state index in [0.29, 0.717) is 0 Å². The van der Waals surface area contributed by atoms with Crippen LogP contribution in [0.15, 0.2) is 60.7 Å². The van der Waals surface area contributed by atoms with Gasteiger partial charge in [-0.15, -0.1) is 0 Å². The SMILES string of the molecule is CC1C2CC(C1C)C(c1ccccc1)(c1ccccc1)C2. The highest BCUT2D eigenvalue weighted by Crippen LogP contribution is 2.64. The fourth-order valence-corrected chi connectivity index (χ4v) is 5.34. The van der Waals surface area contributed by atoms with Crippen LogP contribution in [0.2, 0.25) is 0 Å². The zero-order chi connectivity index (χ0) is 14.4. The number of hydrogen-bond donors (Lipinski definition) is 0. The minimum atomic E-state index is 0.249. The molecule has 2 bridgehead atoms. The molecule has 2 fully saturated rings. The van der Waals surface area contributed by atoms with Gasteiger partial charge in [-0.1, -0.05) is 74.5 Å². The molecular formula is C21H24. The maximum Gasteiger partial charge on any atom is 0.0236 e. The summed E-state index contributed by atoms with van der Waals surface area (Å²) in [6.07, 6.45) is 2.74. The lowest BCUT2D eigenvalue weighted by atomic mass is 9.59. The van der Waals surface area contributed by atoms with Crippen molar-refractivity contribution in [2.24, 2.45) is 23.7 Å². The van der Waals surface area contributed by atoms with Gasteiger partial charge in [0.05, 0.1) is 0 Å². The topological polar surface area (TPSA) is 0 Å². The summed E-state index contributed by atoms with van der Waals surface area (Å²) in [6.45, 7) is 4.95. The van der Waals surface area contributed by atoms with E-state index in [1.54, 1.807) is 0 Å². The van der Waals surface area contributed by atoms with Crippen molar-refractivity contribution in [1.82, 2.24) is 0 Å². The van der Waals surface area contributed by atoms with Gasteiger partial charge in [-0.05, 0) is 47.6 Å². The van der Waals surface area contributed by atoms with E-state index >= 15 is 0 Å². The molecule has 0 radical (unpaired) electrons. The second kappa shape index (κ2) is 4.73. The summed E-state index contributed by atoms with van der Waals surface area (Å²) in [7, 11) is 0. The van der Waals surface area contributed by atoms with Gasteiger partial charge < -0.3 is 0 Å². The molecule has 2 aromatic rings. The third-order valence-electron chi connectivity index (χ3n) is 6.56. The molecule has 0 N–H and O–H groups in total. The van der Waals surface area contributed by atoms with E-state index in [0.717, 1.165) is 23.7 Å². The largest absolute Gasteiger partial charge is 0.0622 e. The lowest BCUT2D eigenvalue weighted by Gasteiger charge is -2.44. The Morgan fingerprint density at radius 1 is 0.762 bits per heavy atom. The smallest absolute Gasteiger partial charge is 0.0236 e. The highest BCUT2D eigenvalue weighted by molar-refractivity contribution is 5.43. The van der Waals surface area contributed by atoms with Crippen LogP contribution < -0.4 is 0 Å². The minimum absolute atomic E-state index is 0.249. The van der Waals surface area contributed by atoms with Crippen molar-refractivity contribution >= 4 is 0 Å². The van der Waals surface area contributed by atoms with Crippen LogP contribution in [0.1, 0.15) is 37.8 Å². The van der Waals surface area contributed by atoms with Gasteiger partial charge in [-0.3, -0.25) is 0 Å². The molecule has 0 nitrogen and oxygen atoms in total. The van der Waals surface area contributed by atoms with Crippen molar-refractivity contribution in [3.63, 3.8) is 0 Å². The maximum absolute atomic E-state index is 2.48. The van der Waals surface area contributed by atoms with Crippen LogP contribution in [0.5, 0.6) is 0 Å². The fourth-order valence-electron chi connectivity index (χ4n) is 5.34. The Hall–Kier alpha value is -1.56. The normalized spacial score (nSPS) is 33.2. The van der Waals surface area contributed by atoms with Crippen LogP contribution in [0.3, 0.4) is 0 Å². The molecule has 0 heteroatoms. The summed E-state index contributed by atoms with van der Waals surface area (Å²) in [5, 5.41) is 0. The van der Waals surface area contributed by atoms with Gasteiger partial charge in [-0.2, -0.15) is 0 Å². The van der Waals surface area contributed by atoms with Gasteiger partial charge >= 0.3 is 0 Å². The molecule has 2 saturated carbocycles. The summed E-state index contributed by atoms with van der Waals surface area (Å²) in [4.78, 5) is 0. The Labute approximate surface area is 128 Å². The monoisotopic (exact) mass is 276 g/mol. The van der Waals surface area contributed by atoms with Crippen LogP contribution in [0.4, 0.5) is 0 Å². The van der Waals surface area contributed by atoms with Crippen LogP contribution in [0.25, 0.3) is 0 Å². The van der Waals surface area contributed by atoms with Crippen molar-refractivity contribution < 1.29 is 0 Å². The summed E-state index contributed by atoms with van der Waals surface area (Å²) < 4.78 is 0. The van der Waals surface area contributed by atoms with Crippen LogP contribution in [-0.4, -0.2) is 0 Å². The summed E-state index contributed by atoms with van der Waals surface area (Å²) in [5.74, 6) is 3.40. The van der Waals surface area contributed by atoms with Gasteiger partial charge in [0, 0.05) is 5.41 Å². The van der Waals surface area contributed by atoms with Crippen molar-refractivity contribution in [3.05, 3.63) is 71.8 Å². The van der Waals surface area contributed by atoms with E-state index in [2.05, 4.69) is 74.5 Å². The van der Waals surface area contributed by atoms with E-state index in [1.165, 1.54) is 24.0 Å². The first-order valence-corrected chi connectivity index (χ1v) is 8.34. The molecule has 4 rings (SSSR count). The predicted octanol–water partition coefficient (Wildman–Crippen LogP) is 5.28. The van der Waals surface area contributed by atoms with Gasteiger partial charge in [0.1, 0.15) is 0 Å². The molecule has 0 spiro atoms. The first-order valence-electron chi connectivity index (χ1n) is 8.34. The molecule has 4 atom stereocenters. The fraction of sp³-hybridized carbons (Fsp3) is 0.429. The lowest BCUT2D eigenvalue weighted by molar-refractivity contribution is 0.181. The Balaban J connectivity index is 1.90.